The summed E-state index contributed by atoms with van der Waals surface area (Å²) in [5.74, 6) is -0.153. The molecule has 1 aliphatic heterocycles. The minimum Gasteiger partial charge on any atom is -0.454 e. The summed E-state index contributed by atoms with van der Waals surface area (Å²) in [5.41, 5.74) is 2.97. The molecule has 0 bridgehead atoms. The normalized spacial score (nSPS) is 18.8. The predicted octanol–water partition coefficient (Wildman–Crippen LogP) is 4.36. The third-order valence-corrected chi connectivity index (χ3v) is 3.69. The zero-order valence-electron chi connectivity index (χ0n) is 11.8. The first-order valence-electron chi connectivity index (χ1n) is 7.21. The number of carbonyl (C=O) groups is 1. The highest BCUT2D eigenvalue weighted by molar-refractivity contribution is 6.02. The van der Waals surface area contributed by atoms with Gasteiger partial charge in [0, 0.05) is 11.1 Å². The van der Waals surface area contributed by atoms with Gasteiger partial charge < -0.3 is 4.74 Å². The van der Waals surface area contributed by atoms with Crippen LogP contribution < -0.4 is 0 Å². The Morgan fingerprint density at radius 3 is 2.53 bits per heavy atom. The molecule has 102 valence electrons. The highest BCUT2D eigenvalue weighted by Crippen LogP contribution is 2.34. The van der Waals surface area contributed by atoms with Gasteiger partial charge in [-0.1, -0.05) is 56.5 Å². The smallest absolute Gasteiger partial charge is 0.334 e. The van der Waals surface area contributed by atoms with E-state index in [0.717, 1.165) is 29.6 Å². The van der Waals surface area contributed by atoms with Crippen molar-refractivity contribution in [3.63, 3.8) is 0 Å². The molecule has 0 amide bonds. The van der Waals surface area contributed by atoms with E-state index in [-0.39, 0.29) is 12.1 Å². The van der Waals surface area contributed by atoms with Gasteiger partial charge in [0.2, 0.25) is 0 Å². The average molecular weight is 258 g/mol. The van der Waals surface area contributed by atoms with E-state index in [4.69, 9.17) is 4.74 Å². The van der Waals surface area contributed by atoms with E-state index in [1.54, 1.807) is 0 Å². The van der Waals surface area contributed by atoms with Gasteiger partial charge in [0.05, 0.1) is 0 Å². The summed E-state index contributed by atoms with van der Waals surface area (Å²) in [6, 6.07) is 10.1. The third-order valence-electron chi connectivity index (χ3n) is 3.69. The summed E-state index contributed by atoms with van der Waals surface area (Å²) in [7, 11) is 0. The lowest BCUT2D eigenvalue weighted by atomic mass is 9.94. The molecular weight excluding hydrogens is 236 g/mol. The highest BCUT2D eigenvalue weighted by Gasteiger charge is 2.31. The number of hydrogen-bond acceptors (Lipinski definition) is 2. The number of benzene rings is 1. The van der Waals surface area contributed by atoms with Gasteiger partial charge in [-0.05, 0) is 25.3 Å². The van der Waals surface area contributed by atoms with E-state index >= 15 is 0 Å². The second-order valence-corrected chi connectivity index (χ2v) is 5.15. The van der Waals surface area contributed by atoms with Crippen LogP contribution in [0.25, 0.3) is 5.57 Å². The maximum absolute atomic E-state index is 11.8. The van der Waals surface area contributed by atoms with Crippen LogP contribution in [0.3, 0.4) is 0 Å². The van der Waals surface area contributed by atoms with Crippen LogP contribution in [0.1, 0.15) is 51.5 Å². The van der Waals surface area contributed by atoms with Gasteiger partial charge in [0.15, 0.2) is 0 Å². The minimum atomic E-state index is -0.153. The summed E-state index contributed by atoms with van der Waals surface area (Å²) in [4.78, 5) is 11.8. The van der Waals surface area contributed by atoms with Crippen LogP contribution >= 0.6 is 0 Å². The van der Waals surface area contributed by atoms with E-state index in [2.05, 4.69) is 19.1 Å². The Hall–Kier alpha value is -1.57. The first kappa shape index (κ1) is 13.9. The lowest BCUT2D eigenvalue weighted by Gasteiger charge is -2.14. The molecule has 0 saturated carbocycles. The van der Waals surface area contributed by atoms with E-state index in [1.807, 2.05) is 25.1 Å². The Morgan fingerprint density at radius 2 is 1.84 bits per heavy atom. The standard InChI is InChI=1S/C17H22O2/c1-3-4-5-9-12-15-16(13(2)17(18)19-15)14-10-7-6-8-11-14/h6-8,10-11,15H,3-5,9,12H2,1-2H3. The van der Waals surface area contributed by atoms with Gasteiger partial charge in [0.25, 0.3) is 0 Å². The summed E-state index contributed by atoms with van der Waals surface area (Å²) in [6.45, 7) is 4.08. The molecule has 0 spiro atoms. The number of rotatable bonds is 6. The SMILES string of the molecule is CCCCCCC1OC(=O)C(C)=C1c1ccccc1. The Bertz CT molecular complexity index is 459. The van der Waals surface area contributed by atoms with Gasteiger partial charge in [0.1, 0.15) is 6.10 Å². The van der Waals surface area contributed by atoms with Crippen LogP contribution in [0.5, 0.6) is 0 Å². The molecule has 2 rings (SSSR count). The van der Waals surface area contributed by atoms with Crippen molar-refractivity contribution in [2.24, 2.45) is 0 Å². The number of carbonyl (C=O) groups excluding carboxylic acids is 1. The molecule has 1 aromatic rings. The van der Waals surface area contributed by atoms with E-state index in [0.29, 0.717) is 0 Å². The van der Waals surface area contributed by atoms with Crippen LogP contribution in [0, 0.1) is 0 Å². The summed E-state index contributed by atoms with van der Waals surface area (Å²) in [5, 5.41) is 0. The average Bonchev–Trinajstić information content (AvgIpc) is 2.71. The number of unbranched alkanes of at least 4 members (excludes halogenated alkanes) is 3. The number of cyclic esters (lactones) is 1. The molecule has 1 unspecified atom stereocenters. The molecule has 0 N–H and O–H groups in total. The second kappa shape index (κ2) is 6.55. The van der Waals surface area contributed by atoms with Crippen LogP contribution in [-0.4, -0.2) is 12.1 Å². The van der Waals surface area contributed by atoms with Crippen molar-refractivity contribution in [3.8, 4) is 0 Å². The van der Waals surface area contributed by atoms with Gasteiger partial charge in [-0.15, -0.1) is 0 Å². The molecular formula is C17H22O2. The Labute approximate surface area is 115 Å². The molecule has 1 aliphatic rings. The molecule has 1 aromatic carbocycles. The monoisotopic (exact) mass is 258 g/mol. The van der Waals surface area contributed by atoms with E-state index in [9.17, 15) is 4.79 Å². The summed E-state index contributed by atoms with van der Waals surface area (Å²) >= 11 is 0. The van der Waals surface area contributed by atoms with Crippen LogP contribution in [0.4, 0.5) is 0 Å². The lowest BCUT2D eigenvalue weighted by Crippen LogP contribution is -2.11. The maximum Gasteiger partial charge on any atom is 0.334 e. The van der Waals surface area contributed by atoms with Crippen LogP contribution in [-0.2, 0) is 9.53 Å². The van der Waals surface area contributed by atoms with Gasteiger partial charge in [-0.3, -0.25) is 0 Å². The molecule has 1 heterocycles. The molecule has 0 aromatic heterocycles. The van der Waals surface area contributed by atoms with Crippen molar-refractivity contribution < 1.29 is 9.53 Å². The summed E-state index contributed by atoms with van der Waals surface area (Å²) < 4.78 is 5.51. The highest BCUT2D eigenvalue weighted by atomic mass is 16.5. The van der Waals surface area contributed by atoms with Gasteiger partial charge >= 0.3 is 5.97 Å². The molecule has 0 fully saturated rings. The van der Waals surface area contributed by atoms with Crippen LogP contribution in [0.2, 0.25) is 0 Å². The lowest BCUT2D eigenvalue weighted by molar-refractivity contribution is -0.139. The first-order valence-corrected chi connectivity index (χ1v) is 7.21. The van der Waals surface area contributed by atoms with Crippen molar-refractivity contribution >= 4 is 11.5 Å². The maximum atomic E-state index is 11.8. The number of hydrogen-bond donors (Lipinski definition) is 0. The largest absolute Gasteiger partial charge is 0.454 e. The van der Waals surface area contributed by atoms with Crippen LogP contribution in [0.15, 0.2) is 35.9 Å². The molecule has 1 atom stereocenters. The topological polar surface area (TPSA) is 26.3 Å². The van der Waals surface area contributed by atoms with Crippen molar-refractivity contribution in [1.29, 1.82) is 0 Å². The second-order valence-electron chi connectivity index (χ2n) is 5.15. The molecule has 19 heavy (non-hydrogen) atoms. The van der Waals surface area contributed by atoms with Crippen molar-refractivity contribution in [1.82, 2.24) is 0 Å². The van der Waals surface area contributed by atoms with Crippen molar-refractivity contribution in [2.75, 3.05) is 0 Å². The fraction of sp³-hybridized carbons (Fsp3) is 0.471. The van der Waals surface area contributed by atoms with Crippen molar-refractivity contribution in [2.45, 2.75) is 52.1 Å². The third kappa shape index (κ3) is 3.25. The fourth-order valence-electron chi connectivity index (χ4n) is 2.61. The first-order chi connectivity index (χ1) is 9.24. The zero-order valence-corrected chi connectivity index (χ0v) is 11.8. The Balaban J connectivity index is 2.10. The van der Waals surface area contributed by atoms with E-state index in [1.165, 1.54) is 19.3 Å². The minimum absolute atomic E-state index is 0.0493. The predicted molar refractivity (Wildman–Crippen MR) is 77.7 cm³/mol. The summed E-state index contributed by atoms with van der Waals surface area (Å²) in [6.07, 6.45) is 5.70. The van der Waals surface area contributed by atoms with E-state index < -0.39 is 0 Å². The Morgan fingerprint density at radius 1 is 1.11 bits per heavy atom. The molecule has 0 saturated heterocycles. The quantitative estimate of drug-likeness (QED) is 0.560. The molecule has 2 heteroatoms. The molecule has 2 nitrogen and oxygen atoms in total. The van der Waals surface area contributed by atoms with Gasteiger partial charge in [-0.25, -0.2) is 4.79 Å². The van der Waals surface area contributed by atoms with Crippen molar-refractivity contribution in [3.05, 3.63) is 41.5 Å². The molecule has 0 aliphatic carbocycles. The van der Waals surface area contributed by atoms with Gasteiger partial charge in [-0.2, -0.15) is 0 Å². The fourth-order valence-corrected chi connectivity index (χ4v) is 2.61. The molecule has 0 radical (unpaired) electrons. The number of esters is 1. The number of ether oxygens (including phenoxy) is 1. The Kier molecular flexibility index (Phi) is 4.78. The zero-order chi connectivity index (χ0) is 13.7.